The van der Waals surface area contributed by atoms with Gasteiger partial charge in [0, 0.05) is 51.5 Å². The highest BCUT2D eigenvalue weighted by Gasteiger charge is 2.09. The molecule has 18 heavy (non-hydrogen) atoms. The maximum absolute atomic E-state index is 3.40. The Morgan fingerprint density at radius 1 is 1.17 bits per heavy atom. The van der Waals surface area contributed by atoms with Gasteiger partial charge in [0.05, 0.1) is 0 Å². The molecule has 0 radical (unpaired) electrons. The number of piperazine rings is 1. The second kappa shape index (κ2) is 5.12. The summed E-state index contributed by atoms with van der Waals surface area (Å²) in [5, 5.41) is 4.75. The first-order valence-electron chi connectivity index (χ1n) is 6.80. The van der Waals surface area contributed by atoms with Crippen LogP contribution in [0, 0.1) is 0 Å². The van der Waals surface area contributed by atoms with Crippen molar-refractivity contribution in [1.29, 1.82) is 0 Å². The molecular formula is C15H21N3. The zero-order valence-electron chi connectivity index (χ0n) is 11.0. The van der Waals surface area contributed by atoms with E-state index in [0.29, 0.717) is 0 Å². The smallest absolute Gasteiger partial charge is 0.0477 e. The number of hydrogen-bond acceptors (Lipinski definition) is 2. The molecule has 2 aromatic rings. The van der Waals surface area contributed by atoms with Crippen LogP contribution in [0.25, 0.3) is 10.9 Å². The normalized spacial score (nSPS) is 17.4. The molecule has 0 atom stereocenters. The van der Waals surface area contributed by atoms with Crippen LogP contribution in [0.1, 0.15) is 5.56 Å². The molecule has 0 unspecified atom stereocenters. The Morgan fingerprint density at radius 2 is 2.00 bits per heavy atom. The summed E-state index contributed by atoms with van der Waals surface area (Å²) in [6, 6.07) is 9.04. The van der Waals surface area contributed by atoms with Gasteiger partial charge in [-0.1, -0.05) is 6.07 Å². The van der Waals surface area contributed by atoms with Gasteiger partial charge in [0.1, 0.15) is 0 Å². The zero-order chi connectivity index (χ0) is 12.4. The van der Waals surface area contributed by atoms with Crippen LogP contribution >= 0.6 is 0 Å². The summed E-state index contributed by atoms with van der Waals surface area (Å²) >= 11 is 0. The van der Waals surface area contributed by atoms with Gasteiger partial charge in [-0.2, -0.15) is 0 Å². The Balaban J connectivity index is 1.66. The van der Waals surface area contributed by atoms with Crippen LogP contribution in [0.15, 0.2) is 30.5 Å². The van der Waals surface area contributed by atoms with Crippen LogP contribution in [0.5, 0.6) is 0 Å². The molecule has 0 bridgehead atoms. The number of fused-ring (bicyclic) bond motifs is 1. The number of aryl methyl sites for hydroxylation is 1. The molecule has 2 heterocycles. The molecule has 3 rings (SSSR count). The van der Waals surface area contributed by atoms with E-state index >= 15 is 0 Å². The highest BCUT2D eigenvalue weighted by molar-refractivity contribution is 5.80. The molecule has 3 nitrogen and oxygen atoms in total. The van der Waals surface area contributed by atoms with Crippen molar-refractivity contribution in [3.8, 4) is 0 Å². The topological polar surface area (TPSA) is 20.2 Å². The number of nitrogens with one attached hydrogen (secondary N) is 1. The fraction of sp³-hybridized carbons (Fsp3) is 0.467. The highest BCUT2D eigenvalue weighted by Crippen LogP contribution is 2.17. The predicted octanol–water partition coefficient (Wildman–Crippen LogP) is 1.63. The first kappa shape index (κ1) is 11.8. The molecule has 0 amide bonds. The fourth-order valence-corrected chi connectivity index (χ4v) is 2.71. The second-order valence-corrected chi connectivity index (χ2v) is 5.16. The van der Waals surface area contributed by atoms with Crippen molar-refractivity contribution in [3.63, 3.8) is 0 Å². The van der Waals surface area contributed by atoms with Gasteiger partial charge >= 0.3 is 0 Å². The molecule has 1 N–H and O–H groups in total. The lowest BCUT2D eigenvalue weighted by atomic mass is 10.1. The molecular weight excluding hydrogens is 222 g/mol. The first-order valence-corrected chi connectivity index (χ1v) is 6.80. The SMILES string of the molecule is Cn1ccc2cc(CCN3CCNCC3)ccc21. The molecule has 96 valence electrons. The summed E-state index contributed by atoms with van der Waals surface area (Å²) in [7, 11) is 2.10. The van der Waals surface area contributed by atoms with Gasteiger partial charge in [0.15, 0.2) is 0 Å². The van der Waals surface area contributed by atoms with E-state index in [4.69, 9.17) is 0 Å². The lowest BCUT2D eigenvalue weighted by molar-refractivity contribution is 0.244. The Morgan fingerprint density at radius 3 is 2.83 bits per heavy atom. The van der Waals surface area contributed by atoms with E-state index in [1.165, 1.54) is 36.1 Å². The van der Waals surface area contributed by atoms with Crippen LogP contribution in [0.4, 0.5) is 0 Å². The van der Waals surface area contributed by atoms with Gasteiger partial charge in [-0.25, -0.2) is 0 Å². The van der Waals surface area contributed by atoms with E-state index in [9.17, 15) is 0 Å². The summed E-state index contributed by atoms with van der Waals surface area (Å²) in [4.78, 5) is 2.55. The average molecular weight is 243 g/mol. The van der Waals surface area contributed by atoms with Crippen molar-refractivity contribution in [2.45, 2.75) is 6.42 Å². The van der Waals surface area contributed by atoms with E-state index in [2.05, 4.69) is 52.3 Å². The van der Waals surface area contributed by atoms with Gasteiger partial charge < -0.3 is 14.8 Å². The van der Waals surface area contributed by atoms with Crippen molar-refractivity contribution in [2.75, 3.05) is 32.7 Å². The minimum absolute atomic E-state index is 1.14. The third kappa shape index (κ3) is 2.42. The molecule has 0 spiro atoms. The molecule has 1 aromatic heterocycles. The van der Waals surface area contributed by atoms with Gasteiger partial charge in [-0.05, 0) is 35.6 Å². The molecule has 1 aliphatic heterocycles. The summed E-state index contributed by atoms with van der Waals surface area (Å²) in [5.41, 5.74) is 2.77. The largest absolute Gasteiger partial charge is 0.351 e. The average Bonchev–Trinajstić information content (AvgIpc) is 2.79. The Labute approximate surface area is 108 Å². The van der Waals surface area contributed by atoms with Gasteiger partial charge in [-0.15, -0.1) is 0 Å². The Kier molecular flexibility index (Phi) is 3.35. The Bertz CT molecular complexity index is 524. The number of hydrogen-bond donors (Lipinski definition) is 1. The monoisotopic (exact) mass is 243 g/mol. The van der Waals surface area contributed by atoms with E-state index in [1.807, 2.05) is 0 Å². The van der Waals surface area contributed by atoms with Gasteiger partial charge in [0.25, 0.3) is 0 Å². The quantitative estimate of drug-likeness (QED) is 0.884. The van der Waals surface area contributed by atoms with E-state index in [0.717, 1.165) is 19.5 Å². The van der Waals surface area contributed by atoms with E-state index in [-0.39, 0.29) is 0 Å². The highest BCUT2D eigenvalue weighted by atomic mass is 15.2. The third-order valence-electron chi connectivity index (χ3n) is 3.88. The molecule has 0 aliphatic carbocycles. The van der Waals surface area contributed by atoms with Crippen molar-refractivity contribution >= 4 is 10.9 Å². The van der Waals surface area contributed by atoms with Crippen LogP contribution in [-0.4, -0.2) is 42.2 Å². The fourth-order valence-electron chi connectivity index (χ4n) is 2.71. The standard InChI is InChI=1S/C15H21N3/c1-17-8-5-14-12-13(2-3-15(14)17)4-9-18-10-6-16-7-11-18/h2-3,5,8,12,16H,4,6-7,9-11H2,1H3. The first-order chi connectivity index (χ1) is 8.83. The number of benzene rings is 1. The lowest BCUT2D eigenvalue weighted by Gasteiger charge is -2.27. The summed E-state index contributed by atoms with van der Waals surface area (Å²) in [6.45, 7) is 5.83. The zero-order valence-corrected chi connectivity index (χ0v) is 11.0. The molecule has 0 saturated carbocycles. The van der Waals surface area contributed by atoms with Crippen molar-refractivity contribution in [1.82, 2.24) is 14.8 Å². The van der Waals surface area contributed by atoms with Crippen molar-refractivity contribution in [2.24, 2.45) is 7.05 Å². The van der Waals surface area contributed by atoms with Crippen LogP contribution < -0.4 is 5.32 Å². The van der Waals surface area contributed by atoms with Gasteiger partial charge in [0.2, 0.25) is 0 Å². The molecule has 1 fully saturated rings. The lowest BCUT2D eigenvalue weighted by Crippen LogP contribution is -2.44. The van der Waals surface area contributed by atoms with Crippen LogP contribution in [0.2, 0.25) is 0 Å². The predicted molar refractivity (Wildman–Crippen MR) is 75.9 cm³/mol. The minimum Gasteiger partial charge on any atom is -0.351 e. The molecule has 1 aromatic carbocycles. The maximum Gasteiger partial charge on any atom is 0.0477 e. The summed E-state index contributed by atoms with van der Waals surface area (Å²) in [5.74, 6) is 0. The van der Waals surface area contributed by atoms with E-state index < -0.39 is 0 Å². The third-order valence-corrected chi connectivity index (χ3v) is 3.88. The van der Waals surface area contributed by atoms with Crippen LogP contribution in [0.3, 0.4) is 0 Å². The minimum atomic E-state index is 1.14. The number of nitrogens with zero attached hydrogens (tertiary/aromatic N) is 2. The van der Waals surface area contributed by atoms with Gasteiger partial charge in [-0.3, -0.25) is 0 Å². The molecule has 3 heteroatoms. The maximum atomic E-state index is 3.40. The summed E-state index contributed by atoms with van der Waals surface area (Å²) in [6.07, 6.45) is 3.29. The molecule has 1 saturated heterocycles. The van der Waals surface area contributed by atoms with Crippen LogP contribution in [-0.2, 0) is 13.5 Å². The Hall–Kier alpha value is -1.32. The number of rotatable bonds is 3. The van der Waals surface area contributed by atoms with Crippen molar-refractivity contribution < 1.29 is 0 Å². The van der Waals surface area contributed by atoms with E-state index in [1.54, 1.807) is 0 Å². The summed E-state index contributed by atoms with van der Waals surface area (Å²) < 4.78 is 2.18. The molecule has 1 aliphatic rings. The second-order valence-electron chi connectivity index (χ2n) is 5.16. The number of aromatic nitrogens is 1. The van der Waals surface area contributed by atoms with Crippen molar-refractivity contribution in [3.05, 3.63) is 36.0 Å².